The van der Waals surface area contributed by atoms with E-state index in [4.69, 9.17) is 4.74 Å². The van der Waals surface area contributed by atoms with Gasteiger partial charge < -0.3 is 15.2 Å². The number of rotatable bonds is 3. The van der Waals surface area contributed by atoms with Gasteiger partial charge in [-0.15, -0.1) is 10.2 Å². The first-order valence-corrected chi connectivity index (χ1v) is 7.94. The van der Waals surface area contributed by atoms with Gasteiger partial charge in [0.2, 0.25) is 0 Å². The molecule has 0 radical (unpaired) electrons. The Hall–Kier alpha value is -2.80. The number of aromatic hydroxyl groups is 1. The van der Waals surface area contributed by atoms with Crippen molar-refractivity contribution < 1.29 is 9.84 Å². The standard InChI is InChI=1S/C17H17N5O2/c23-15-8-12-9-19-4-1-11(12)7-14(15)17-20-10-16(21-22-17)24-13-2-5-18-6-3-13/h1,4,7-10,13,18,23H,2-3,5-6H2. The molecule has 4 rings (SSSR count). The number of hydrogen-bond acceptors (Lipinski definition) is 7. The molecule has 1 fully saturated rings. The van der Waals surface area contributed by atoms with Gasteiger partial charge in [-0.2, -0.15) is 0 Å². The number of fused-ring (bicyclic) bond motifs is 1. The second-order valence-corrected chi connectivity index (χ2v) is 5.78. The number of phenolic OH excluding ortho intramolecular Hbond substituents is 1. The third kappa shape index (κ3) is 2.98. The van der Waals surface area contributed by atoms with Crippen LogP contribution in [0.4, 0.5) is 0 Å². The quantitative estimate of drug-likeness (QED) is 0.760. The highest BCUT2D eigenvalue weighted by Crippen LogP contribution is 2.31. The van der Waals surface area contributed by atoms with Crippen LogP contribution in [-0.4, -0.2) is 44.5 Å². The predicted octanol–water partition coefficient (Wildman–Crippen LogP) is 1.92. The third-order valence-electron chi connectivity index (χ3n) is 4.11. The number of hydrogen-bond donors (Lipinski definition) is 2. The van der Waals surface area contributed by atoms with Crippen LogP contribution in [0.2, 0.25) is 0 Å². The Bertz CT molecular complexity index is 847. The molecule has 0 atom stereocenters. The summed E-state index contributed by atoms with van der Waals surface area (Å²) < 4.78 is 5.80. The molecular weight excluding hydrogens is 306 g/mol. The molecule has 1 aliphatic heterocycles. The smallest absolute Gasteiger partial charge is 0.252 e. The number of ether oxygens (including phenoxy) is 1. The molecule has 7 heteroatoms. The molecule has 1 aliphatic rings. The molecule has 0 saturated carbocycles. The number of benzene rings is 1. The Kier molecular flexibility index (Phi) is 3.92. The largest absolute Gasteiger partial charge is 0.507 e. The first-order valence-electron chi connectivity index (χ1n) is 7.94. The van der Waals surface area contributed by atoms with Crippen molar-refractivity contribution in [3.05, 3.63) is 36.8 Å². The lowest BCUT2D eigenvalue weighted by molar-refractivity contribution is 0.153. The first-order chi connectivity index (χ1) is 11.8. The van der Waals surface area contributed by atoms with Crippen LogP contribution >= 0.6 is 0 Å². The SMILES string of the molecule is Oc1cc2cnccc2cc1-c1ncc(OC2CCNCC2)nn1. The van der Waals surface area contributed by atoms with E-state index >= 15 is 0 Å². The fraction of sp³-hybridized carbons (Fsp3) is 0.294. The van der Waals surface area contributed by atoms with Gasteiger partial charge in [0.1, 0.15) is 11.9 Å². The zero-order valence-electron chi connectivity index (χ0n) is 13.0. The van der Waals surface area contributed by atoms with Crippen LogP contribution in [0.1, 0.15) is 12.8 Å². The molecule has 0 aliphatic carbocycles. The topological polar surface area (TPSA) is 93.1 Å². The zero-order valence-corrected chi connectivity index (χ0v) is 13.0. The molecule has 2 N–H and O–H groups in total. The van der Waals surface area contributed by atoms with E-state index in [1.807, 2.05) is 12.1 Å². The highest BCUT2D eigenvalue weighted by Gasteiger charge is 2.16. The van der Waals surface area contributed by atoms with E-state index in [0.29, 0.717) is 17.3 Å². The van der Waals surface area contributed by atoms with Gasteiger partial charge in [-0.25, -0.2) is 4.98 Å². The second-order valence-electron chi connectivity index (χ2n) is 5.78. The maximum Gasteiger partial charge on any atom is 0.252 e. The number of nitrogens with one attached hydrogen (secondary N) is 1. The zero-order chi connectivity index (χ0) is 16.4. The van der Waals surface area contributed by atoms with E-state index in [9.17, 15) is 5.11 Å². The van der Waals surface area contributed by atoms with Gasteiger partial charge in [0.15, 0.2) is 5.82 Å². The number of aromatic nitrogens is 4. The van der Waals surface area contributed by atoms with Crippen LogP contribution in [0.15, 0.2) is 36.8 Å². The Morgan fingerprint density at radius 3 is 2.75 bits per heavy atom. The first kappa shape index (κ1) is 14.8. The normalized spacial score (nSPS) is 15.5. The lowest BCUT2D eigenvalue weighted by Crippen LogP contribution is -2.34. The third-order valence-corrected chi connectivity index (χ3v) is 4.11. The second kappa shape index (κ2) is 6.37. The minimum atomic E-state index is 0.101. The Morgan fingerprint density at radius 2 is 1.96 bits per heavy atom. The van der Waals surface area contributed by atoms with Crippen LogP contribution in [0.25, 0.3) is 22.2 Å². The van der Waals surface area contributed by atoms with Crippen molar-refractivity contribution >= 4 is 10.8 Å². The van der Waals surface area contributed by atoms with E-state index < -0.39 is 0 Å². The summed E-state index contributed by atoms with van der Waals surface area (Å²) in [6, 6.07) is 5.36. The molecule has 7 nitrogen and oxygen atoms in total. The van der Waals surface area contributed by atoms with Gasteiger partial charge in [0.05, 0.1) is 11.8 Å². The summed E-state index contributed by atoms with van der Waals surface area (Å²) >= 11 is 0. The summed E-state index contributed by atoms with van der Waals surface area (Å²) in [4.78, 5) is 8.34. The van der Waals surface area contributed by atoms with Crippen molar-refractivity contribution in [2.24, 2.45) is 0 Å². The number of nitrogens with zero attached hydrogens (tertiary/aromatic N) is 4. The van der Waals surface area contributed by atoms with Gasteiger partial charge >= 0.3 is 0 Å². The van der Waals surface area contributed by atoms with E-state index in [-0.39, 0.29) is 11.9 Å². The van der Waals surface area contributed by atoms with Crippen LogP contribution < -0.4 is 10.1 Å². The maximum absolute atomic E-state index is 10.2. The van der Waals surface area contributed by atoms with Gasteiger partial charge in [-0.3, -0.25) is 4.98 Å². The Balaban J connectivity index is 1.59. The summed E-state index contributed by atoms with van der Waals surface area (Å²) in [7, 11) is 0. The van der Waals surface area contributed by atoms with Crippen molar-refractivity contribution in [2.45, 2.75) is 18.9 Å². The fourth-order valence-corrected chi connectivity index (χ4v) is 2.83. The molecule has 3 aromatic rings. The summed E-state index contributed by atoms with van der Waals surface area (Å²) in [5.74, 6) is 0.878. The average Bonchev–Trinajstić information content (AvgIpc) is 2.63. The summed E-state index contributed by atoms with van der Waals surface area (Å²) in [5, 5.41) is 23.5. The lowest BCUT2D eigenvalue weighted by atomic mass is 10.1. The van der Waals surface area contributed by atoms with Gasteiger partial charge in [-0.05, 0) is 49.5 Å². The van der Waals surface area contributed by atoms with Crippen molar-refractivity contribution in [3.8, 4) is 23.0 Å². The van der Waals surface area contributed by atoms with Crippen molar-refractivity contribution in [3.63, 3.8) is 0 Å². The van der Waals surface area contributed by atoms with Gasteiger partial charge in [0, 0.05) is 17.8 Å². The number of phenols is 1. The minimum absolute atomic E-state index is 0.101. The summed E-state index contributed by atoms with van der Waals surface area (Å²) in [6.45, 7) is 1.90. The monoisotopic (exact) mass is 323 g/mol. The van der Waals surface area contributed by atoms with Crippen LogP contribution in [0, 0.1) is 0 Å². The molecular formula is C17H17N5O2. The molecule has 1 aromatic carbocycles. The summed E-state index contributed by atoms with van der Waals surface area (Å²) in [5.41, 5.74) is 0.537. The molecule has 122 valence electrons. The molecule has 0 bridgehead atoms. The van der Waals surface area contributed by atoms with E-state index in [2.05, 4.69) is 25.5 Å². The number of piperidine rings is 1. The maximum atomic E-state index is 10.2. The Labute approximate surface area is 138 Å². The molecule has 0 amide bonds. The lowest BCUT2D eigenvalue weighted by Gasteiger charge is -2.22. The van der Waals surface area contributed by atoms with E-state index in [0.717, 1.165) is 36.7 Å². The van der Waals surface area contributed by atoms with Crippen molar-refractivity contribution in [1.29, 1.82) is 0 Å². The van der Waals surface area contributed by atoms with Gasteiger partial charge in [-0.1, -0.05) is 0 Å². The predicted molar refractivity (Wildman–Crippen MR) is 88.7 cm³/mol. The molecule has 24 heavy (non-hydrogen) atoms. The molecule has 0 spiro atoms. The van der Waals surface area contributed by atoms with E-state index in [1.165, 1.54) is 0 Å². The number of pyridine rings is 1. The Morgan fingerprint density at radius 1 is 1.08 bits per heavy atom. The molecule has 0 unspecified atom stereocenters. The molecule has 1 saturated heterocycles. The van der Waals surface area contributed by atoms with E-state index in [1.54, 1.807) is 24.7 Å². The fourth-order valence-electron chi connectivity index (χ4n) is 2.83. The van der Waals surface area contributed by atoms with Crippen LogP contribution in [0.5, 0.6) is 11.6 Å². The average molecular weight is 323 g/mol. The highest BCUT2D eigenvalue weighted by molar-refractivity contribution is 5.88. The van der Waals surface area contributed by atoms with Crippen LogP contribution in [0.3, 0.4) is 0 Å². The minimum Gasteiger partial charge on any atom is -0.507 e. The van der Waals surface area contributed by atoms with Crippen molar-refractivity contribution in [1.82, 2.24) is 25.5 Å². The van der Waals surface area contributed by atoms with Gasteiger partial charge in [0.25, 0.3) is 5.88 Å². The van der Waals surface area contributed by atoms with Crippen molar-refractivity contribution in [2.75, 3.05) is 13.1 Å². The van der Waals surface area contributed by atoms with Crippen LogP contribution in [-0.2, 0) is 0 Å². The molecule has 3 heterocycles. The molecule has 2 aromatic heterocycles. The summed E-state index contributed by atoms with van der Waals surface area (Å²) in [6.07, 6.45) is 7.01. The highest BCUT2D eigenvalue weighted by atomic mass is 16.5.